The number of nitrogens with zero attached hydrogens (tertiary/aromatic N) is 4. The molecule has 0 radical (unpaired) electrons. The predicted octanol–water partition coefficient (Wildman–Crippen LogP) is 1.96. The zero-order valence-corrected chi connectivity index (χ0v) is 14.6. The Balaban J connectivity index is 0.00000220. The molecule has 0 aliphatic carbocycles. The van der Waals surface area contributed by atoms with Crippen LogP contribution in [0.4, 0.5) is 0 Å². The van der Waals surface area contributed by atoms with Gasteiger partial charge in [0.2, 0.25) is 0 Å². The van der Waals surface area contributed by atoms with Gasteiger partial charge in [-0.2, -0.15) is 5.10 Å². The number of aromatic nitrogens is 3. The van der Waals surface area contributed by atoms with Crippen LogP contribution in [-0.2, 0) is 6.54 Å². The number of hydrogen-bond acceptors (Lipinski definition) is 3. The van der Waals surface area contributed by atoms with Crippen molar-refractivity contribution in [3.63, 3.8) is 0 Å². The SMILES string of the molecule is CCNC(=NCc1cccc(-n2cncn2)c1)NCC.I. The van der Waals surface area contributed by atoms with E-state index >= 15 is 0 Å². The van der Waals surface area contributed by atoms with Gasteiger partial charge in [-0.15, -0.1) is 24.0 Å². The maximum Gasteiger partial charge on any atom is 0.191 e. The number of nitrogens with one attached hydrogen (secondary N) is 2. The molecule has 0 spiro atoms. The molecule has 0 bridgehead atoms. The molecular weight excluding hydrogens is 379 g/mol. The lowest BCUT2D eigenvalue weighted by atomic mass is 10.2. The summed E-state index contributed by atoms with van der Waals surface area (Å²) in [5.41, 5.74) is 2.12. The lowest BCUT2D eigenvalue weighted by Crippen LogP contribution is -2.36. The number of benzene rings is 1. The fourth-order valence-corrected chi connectivity index (χ4v) is 1.82. The molecular formula is C14H21IN6. The molecule has 1 heterocycles. The van der Waals surface area contributed by atoms with Gasteiger partial charge in [0.15, 0.2) is 5.96 Å². The minimum Gasteiger partial charge on any atom is -0.357 e. The third-order valence-corrected chi connectivity index (χ3v) is 2.70. The second kappa shape index (κ2) is 9.32. The minimum atomic E-state index is 0. The molecule has 0 aliphatic rings. The van der Waals surface area contributed by atoms with Gasteiger partial charge in [-0.05, 0) is 31.5 Å². The minimum absolute atomic E-state index is 0. The van der Waals surface area contributed by atoms with Gasteiger partial charge in [0.25, 0.3) is 0 Å². The molecule has 2 N–H and O–H groups in total. The summed E-state index contributed by atoms with van der Waals surface area (Å²) in [7, 11) is 0. The highest BCUT2D eigenvalue weighted by Gasteiger charge is 2.00. The van der Waals surface area contributed by atoms with Crippen LogP contribution in [0.2, 0.25) is 0 Å². The summed E-state index contributed by atoms with van der Waals surface area (Å²) in [6.07, 6.45) is 3.21. The second-order valence-electron chi connectivity index (χ2n) is 4.24. The van der Waals surface area contributed by atoms with Crippen LogP contribution in [-0.4, -0.2) is 33.8 Å². The van der Waals surface area contributed by atoms with Crippen molar-refractivity contribution in [1.29, 1.82) is 0 Å². The molecule has 2 rings (SSSR count). The third kappa shape index (κ3) is 5.33. The van der Waals surface area contributed by atoms with Crippen molar-refractivity contribution in [1.82, 2.24) is 25.4 Å². The number of guanidine groups is 1. The van der Waals surface area contributed by atoms with Crippen LogP contribution in [0.3, 0.4) is 0 Å². The highest BCUT2D eigenvalue weighted by Crippen LogP contribution is 2.09. The summed E-state index contributed by atoms with van der Waals surface area (Å²) >= 11 is 0. The molecule has 1 aromatic carbocycles. The van der Waals surface area contributed by atoms with Gasteiger partial charge < -0.3 is 10.6 Å². The van der Waals surface area contributed by atoms with Gasteiger partial charge in [-0.1, -0.05) is 12.1 Å². The highest BCUT2D eigenvalue weighted by molar-refractivity contribution is 14.0. The van der Waals surface area contributed by atoms with Gasteiger partial charge in [-0.25, -0.2) is 14.7 Å². The van der Waals surface area contributed by atoms with E-state index in [-0.39, 0.29) is 24.0 Å². The molecule has 1 aromatic heterocycles. The summed E-state index contributed by atoms with van der Waals surface area (Å²) in [5, 5.41) is 10.5. The van der Waals surface area contributed by atoms with E-state index in [9.17, 15) is 0 Å². The fraction of sp³-hybridized carbons (Fsp3) is 0.357. The van der Waals surface area contributed by atoms with E-state index < -0.39 is 0 Å². The molecule has 6 nitrogen and oxygen atoms in total. The van der Waals surface area contributed by atoms with Gasteiger partial charge in [0, 0.05) is 13.1 Å². The first-order chi connectivity index (χ1) is 9.83. The molecule has 0 fully saturated rings. The monoisotopic (exact) mass is 400 g/mol. The Kier molecular flexibility index (Phi) is 7.73. The summed E-state index contributed by atoms with van der Waals surface area (Å²) < 4.78 is 1.74. The first-order valence-electron chi connectivity index (χ1n) is 6.79. The van der Waals surface area contributed by atoms with Gasteiger partial charge in [0.05, 0.1) is 12.2 Å². The summed E-state index contributed by atoms with van der Waals surface area (Å²) in [6, 6.07) is 8.12. The second-order valence-corrected chi connectivity index (χ2v) is 4.24. The summed E-state index contributed by atoms with van der Waals surface area (Å²) in [6.45, 7) is 6.43. The molecule has 21 heavy (non-hydrogen) atoms. The Labute approximate surface area is 142 Å². The largest absolute Gasteiger partial charge is 0.357 e. The van der Waals surface area contributed by atoms with Crippen LogP contribution in [0.15, 0.2) is 41.9 Å². The average Bonchev–Trinajstić information content (AvgIpc) is 3.00. The van der Waals surface area contributed by atoms with Crippen molar-refractivity contribution < 1.29 is 0 Å². The number of halogens is 1. The van der Waals surface area contributed by atoms with Crippen LogP contribution in [0.1, 0.15) is 19.4 Å². The quantitative estimate of drug-likeness (QED) is 0.458. The van der Waals surface area contributed by atoms with Crippen molar-refractivity contribution in [3.05, 3.63) is 42.5 Å². The molecule has 0 amide bonds. The fourth-order valence-electron chi connectivity index (χ4n) is 1.82. The smallest absolute Gasteiger partial charge is 0.191 e. The number of aliphatic imine (C=N–C) groups is 1. The molecule has 0 atom stereocenters. The lowest BCUT2D eigenvalue weighted by Gasteiger charge is -2.09. The standard InChI is InChI=1S/C14H20N6.HI/c1-3-16-14(17-4-2)18-9-12-6-5-7-13(8-12)20-11-15-10-19-20;/h5-8,10-11H,3-4,9H2,1-2H3,(H2,16,17,18);1H. The van der Waals surface area contributed by atoms with Gasteiger partial charge in [0.1, 0.15) is 12.7 Å². The Morgan fingerprint density at radius 2 is 2.00 bits per heavy atom. The van der Waals surface area contributed by atoms with E-state index in [1.165, 1.54) is 6.33 Å². The maximum absolute atomic E-state index is 4.55. The first-order valence-corrected chi connectivity index (χ1v) is 6.79. The Bertz CT molecular complexity index is 544. The van der Waals surface area contributed by atoms with Crippen molar-refractivity contribution in [3.8, 4) is 5.69 Å². The van der Waals surface area contributed by atoms with Crippen LogP contribution in [0.25, 0.3) is 5.69 Å². The van der Waals surface area contributed by atoms with Gasteiger partial charge >= 0.3 is 0 Å². The zero-order valence-electron chi connectivity index (χ0n) is 12.3. The van der Waals surface area contributed by atoms with E-state index in [1.807, 2.05) is 12.1 Å². The predicted molar refractivity (Wildman–Crippen MR) is 95.3 cm³/mol. The van der Waals surface area contributed by atoms with Crippen molar-refractivity contribution >= 4 is 29.9 Å². The number of hydrogen-bond donors (Lipinski definition) is 2. The van der Waals surface area contributed by atoms with E-state index in [2.05, 4.69) is 51.7 Å². The average molecular weight is 400 g/mol. The van der Waals surface area contributed by atoms with Crippen molar-refractivity contribution in [2.45, 2.75) is 20.4 Å². The first kappa shape index (κ1) is 17.4. The lowest BCUT2D eigenvalue weighted by molar-refractivity contribution is 0.837. The summed E-state index contributed by atoms with van der Waals surface area (Å²) in [4.78, 5) is 8.50. The Morgan fingerprint density at radius 1 is 1.24 bits per heavy atom. The van der Waals surface area contributed by atoms with Crippen molar-refractivity contribution in [2.75, 3.05) is 13.1 Å². The van der Waals surface area contributed by atoms with Crippen LogP contribution in [0.5, 0.6) is 0 Å². The topological polar surface area (TPSA) is 67.1 Å². The Morgan fingerprint density at radius 3 is 2.62 bits per heavy atom. The number of rotatable bonds is 5. The zero-order chi connectivity index (χ0) is 14.2. The van der Waals surface area contributed by atoms with E-state index in [1.54, 1.807) is 11.0 Å². The van der Waals surface area contributed by atoms with Gasteiger partial charge in [-0.3, -0.25) is 0 Å². The third-order valence-electron chi connectivity index (χ3n) is 2.70. The van der Waals surface area contributed by atoms with E-state index in [0.29, 0.717) is 6.54 Å². The molecule has 114 valence electrons. The molecule has 0 unspecified atom stereocenters. The van der Waals surface area contributed by atoms with Crippen molar-refractivity contribution in [2.24, 2.45) is 4.99 Å². The maximum atomic E-state index is 4.55. The molecule has 0 saturated heterocycles. The van der Waals surface area contributed by atoms with E-state index in [4.69, 9.17) is 0 Å². The van der Waals surface area contributed by atoms with Crippen LogP contribution < -0.4 is 10.6 Å². The molecule has 2 aromatic rings. The van der Waals surface area contributed by atoms with E-state index in [0.717, 1.165) is 30.3 Å². The molecule has 7 heteroatoms. The Hall–Kier alpha value is -1.64. The normalized spacial score (nSPS) is 9.62. The van der Waals surface area contributed by atoms with Crippen LogP contribution in [0, 0.1) is 0 Å². The summed E-state index contributed by atoms with van der Waals surface area (Å²) in [5.74, 6) is 0.834. The molecule has 0 aliphatic heterocycles. The highest BCUT2D eigenvalue weighted by atomic mass is 127. The molecule has 0 saturated carbocycles. The van der Waals surface area contributed by atoms with Crippen LogP contribution >= 0.6 is 24.0 Å².